The minimum atomic E-state index is -3.17. The van der Waals surface area contributed by atoms with Gasteiger partial charge in [-0.3, -0.25) is 0 Å². The number of hydrogen-bond donors (Lipinski definition) is 1. The highest BCUT2D eigenvalue weighted by atomic mass is 35.5. The summed E-state index contributed by atoms with van der Waals surface area (Å²) in [5.74, 6) is -2.95. The van der Waals surface area contributed by atoms with Crippen LogP contribution in [0.4, 0.5) is 14.6 Å². The van der Waals surface area contributed by atoms with Crippen molar-refractivity contribution >= 4 is 28.3 Å². The number of pyridine rings is 1. The Morgan fingerprint density at radius 2 is 1.90 bits per heavy atom. The monoisotopic (exact) mass is 414 g/mol. The smallest absolute Gasteiger partial charge is 0.303 e. The zero-order valence-electron chi connectivity index (χ0n) is 15.7. The van der Waals surface area contributed by atoms with Gasteiger partial charge in [0.2, 0.25) is 5.82 Å². The summed E-state index contributed by atoms with van der Waals surface area (Å²) in [6.07, 6.45) is 1.60. The average molecular weight is 415 g/mol. The number of nitrogens with zero attached hydrogens (tertiary/aromatic N) is 5. The molecule has 3 heterocycles. The Balaban J connectivity index is 1.81. The molecular formula is C20H17ClF2N6. The van der Waals surface area contributed by atoms with Gasteiger partial charge in [0, 0.05) is 37.5 Å². The van der Waals surface area contributed by atoms with Crippen molar-refractivity contribution in [2.24, 2.45) is 0 Å². The molecule has 0 aliphatic heterocycles. The molecule has 3 aromatic heterocycles. The fourth-order valence-electron chi connectivity index (χ4n) is 2.93. The average Bonchev–Trinajstić information content (AvgIpc) is 3.04. The maximum atomic E-state index is 13.8. The van der Waals surface area contributed by atoms with Gasteiger partial charge in [-0.15, -0.1) is 5.10 Å². The van der Waals surface area contributed by atoms with Crippen LogP contribution in [-0.2, 0) is 12.5 Å². The van der Waals surface area contributed by atoms with E-state index in [0.717, 1.165) is 12.5 Å². The summed E-state index contributed by atoms with van der Waals surface area (Å²) in [6, 6.07) is 13.0. The quantitative estimate of drug-likeness (QED) is 0.470. The van der Waals surface area contributed by atoms with Gasteiger partial charge in [0.15, 0.2) is 11.6 Å². The van der Waals surface area contributed by atoms with Crippen molar-refractivity contribution in [3.05, 3.63) is 70.9 Å². The van der Waals surface area contributed by atoms with Gasteiger partial charge in [-0.25, -0.2) is 19.6 Å². The Bertz CT molecular complexity index is 1170. The minimum Gasteiger partial charge on any atom is -0.364 e. The lowest BCUT2D eigenvalue weighted by Crippen LogP contribution is -2.15. The number of hydrogen-bond acceptors (Lipinski definition) is 5. The summed E-state index contributed by atoms with van der Waals surface area (Å²) in [4.78, 5) is 12.0. The number of anilines is 1. The predicted octanol–water partition coefficient (Wildman–Crippen LogP) is 4.90. The molecule has 0 fully saturated rings. The molecule has 1 N–H and O–H groups in total. The lowest BCUT2D eigenvalue weighted by molar-refractivity contribution is 0.00747. The molecule has 0 amide bonds. The lowest BCUT2D eigenvalue weighted by atomic mass is 10.2. The molecule has 0 atom stereocenters. The van der Waals surface area contributed by atoms with Crippen molar-refractivity contribution < 1.29 is 8.78 Å². The van der Waals surface area contributed by atoms with Crippen molar-refractivity contribution in [2.45, 2.75) is 26.3 Å². The molecule has 9 heteroatoms. The molecule has 148 valence electrons. The summed E-state index contributed by atoms with van der Waals surface area (Å²) < 4.78 is 29.1. The third-order valence-electron chi connectivity index (χ3n) is 4.29. The first-order valence-corrected chi connectivity index (χ1v) is 9.25. The van der Waals surface area contributed by atoms with Crippen LogP contribution in [0.25, 0.3) is 16.7 Å². The van der Waals surface area contributed by atoms with E-state index in [4.69, 9.17) is 11.6 Å². The van der Waals surface area contributed by atoms with Gasteiger partial charge < -0.3 is 5.32 Å². The lowest BCUT2D eigenvalue weighted by Gasteiger charge is -2.11. The number of alkyl halides is 2. The molecule has 6 nitrogen and oxygen atoms in total. The van der Waals surface area contributed by atoms with E-state index in [1.165, 1.54) is 4.68 Å². The third kappa shape index (κ3) is 4.02. The molecule has 29 heavy (non-hydrogen) atoms. The number of aromatic nitrogens is 5. The normalized spacial score (nSPS) is 11.8. The Morgan fingerprint density at radius 3 is 2.62 bits per heavy atom. The zero-order chi connectivity index (χ0) is 20.6. The second kappa shape index (κ2) is 7.36. The van der Waals surface area contributed by atoms with Crippen molar-refractivity contribution in [2.75, 3.05) is 5.32 Å². The fraction of sp³-hybridized carbons (Fsp3) is 0.200. The second-order valence-electron chi connectivity index (χ2n) is 6.70. The van der Waals surface area contributed by atoms with Gasteiger partial charge >= 0.3 is 5.92 Å². The summed E-state index contributed by atoms with van der Waals surface area (Å²) >= 11 is 6.07. The molecule has 0 saturated heterocycles. The van der Waals surface area contributed by atoms with Crippen LogP contribution >= 0.6 is 11.6 Å². The maximum absolute atomic E-state index is 13.8. The van der Waals surface area contributed by atoms with Crippen molar-refractivity contribution in [1.29, 1.82) is 0 Å². The Hall–Kier alpha value is -3.13. The molecule has 0 saturated carbocycles. The molecule has 1 aromatic carbocycles. The first-order chi connectivity index (χ1) is 13.8. The van der Waals surface area contributed by atoms with E-state index in [-0.39, 0.29) is 11.0 Å². The highest BCUT2D eigenvalue weighted by Gasteiger charge is 2.29. The van der Waals surface area contributed by atoms with Crippen molar-refractivity contribution in [1.82, 2.24) is 24.7 Å². The standard InChI is InChI=1S/C20H17ClF2N6/c1-12-8-17(27-19(26-12)20(2,22)23)29-15-9-16(21)24-11-14(15)18(28-29)25-10-13-6-4-3-5-7-13/h3-9,11H,10H2,1-2H3,(H,25,28). The van der Waals surface area contributed by atoms with Gasteiger partial charge in [-0.2, -0.15) is 8.78 Å². The van der Waals surface area contributed by atoms with Crippen LogP contribution in [0.2, 0.25) is 5.15 Å². The SMILES string of the molecule is Cc1cc(-n2nc(NCc3ccccc3)c3cnc(Cl)cc32)nc(C(C)(F)F)n1. The van der Waals surface area contributed by atoms with Crippen LogP contribution in [0, 0.1) is 6.92 Å². The predicted molar refractivity (Wildman–Crippen MR) is 108 cm³/mol. The largest absolute Gasteiger partial charge is 0.364 e. The fourth-order valence-corrected chi connectivity index (χ4v) is 3.08. The van der Waals surface area contributed by atoms with Crippen LogP contribution in [0.5, 0.6) is 0 Å². The molecule has 4 aromatic rings. The van der Waals surface area contributed by atoms with Gasteiger partial charge in [0.05, 0.1) is 10.9 Å². The molecular weight excluding hydrogens is 398 g/mol. The summed E-state index contributed by atoms with van der Waals surface area (Å²) in [5.41, 5.74) is 2.08. The third-order valence-corrected chi connectivity index (χ3v) is 4.49. The Morgan fingerprint density at radius 1 is 1.14 bits per heavy atom. The molecule has 0 bridgehead atoms. The topological polar surface area (TPSA) is 68.5 Å². The van der Waals surface area contributed by atoms with E-state index >= 15 is 0 Å². The van der Waals surface area contributed by atoms with Crippen LogP contribution in [0.3, 0.4) is 0 Å². The van der Waals surface area contributed by atoms with E-state index in [9.17, 15) is 8.78 Å². The number of aryl methyl sites for hydroxylation is 1. The Kier molecular flexibility index (Phi) is 4.87. The van der Waals surface area contributed by atoms with Gasteiger partial charge in [0.1, 0.15) is 5.15 Å². The van der Waals surface area contributed by atoms with Gasteiger partial charge in [-0.05, 0) is 12.5 Å². The highest BCUT2D eigenvalue weighted by molar-refractivity contribution is 6.30. The van der Waals surface area contributed by atoms with Gasteiger partial charge in [-0.1, -0.05) is 41.9 Å². The second-order valence-corrected chi connectivity index (χ2v) is 7.09. The summed E-state index contributed by atoms with van der Waals surface area (Å²) in [6.45, 7) is 2.94. The number of benzene rings is 1. The molecule has 0 spiro atoms. The molecule has 0 unspecified atom stereocenters. The number of fused-ring (bicyclic) bond motifs is 1. The zero-order valence-corrected chi connectivity index (χ0v) is 16.5. The number of halogens is 3. The number of rotatable bonds is 5. The molecule has 4 rings (SSSR count). The van der Waals surface area contributed by atoms with Gasteiger partial charge in [0.25, 0.3) is 0 Å². The van der Waals surface area contributed by atoms with E-state index < -0.39 is 11.7 Å². The summed E-state index contributed by atoms with van der Waals surface area (Å²) in [7, 11) is 0. The Labute approximate surface area is 170 Å². The van der Waals surface area contributed by atoms with Crippen molar-refractivity contribution in [3.8, 4) is 5.82 Å². The minimum absolute atomic E-state index is 0.231. The van der Waals surface area contributed by atoms with Crippen LogP contribution in [0.15, 0.2) is 48.7 Å². The highest BCUT2D eigenvalue weighted by Crippen LogP contribution is 2.29. The molecule has 0 aliphatic rings. The van der Waals surface area contributed by atoms with Crippen LogP contribution < -0.4 is 5.32 Å². The van der Waals surface area contributed by atoms with E-state index in [2.05, 4.69) is 25.4 Å². The first-order valence-electron chi connectivity index (χ1n) is 8.88. The van der Waals surface area contributed by atoms with E-state index in [0.29, 0.717) is 29.0 Å². The van der Waals surface area contributed by atoms with Crippen LogP contribution in [0.1, 0.15) is 24.0 Å². The van der Waals surface area contributed by atoms with E-state index in [1.54, 1.807) is 25.3 Å². The molecule has 0 radical (unpaired) electrons. The summed E-state index contributed by atoms with van der Waals surface area (Å²) in [5, 5.41) is 8.78. The van der Waals surface area contributed by atoms with Crippen molar-refractivity contribution in [3.63, 3.8) is 0 Å². The number of nitrogens with one attached hydrogen (secondary N) is 1. The molecule has 0 aliphatic carbocycles. The van der Waals surface area contributed by atoms with Crippen LogP contribution in [-0.4, -0.2) is 24.7 Å². The van der Waals surface area contributed by atoms with E-state index in [1.807, 2.05) is 30.3 Å². The maximum Gasteiger partial charge on any atom is 0.303 e. The first kappa shape index (κ1) is 19.2.